The van der Waals surface area contributed by atoms with E-state index in [4.69, 9.17) is 5.11 Å². The average molecular weight is 403 g/mol. The summed E-state index contributed by atoms with van der Waals surface area (Å²) < 4.78 is 0. The maximum atomic E-state index is 12.8. The van der Waals surface area contributed by atoms with Gasteiger partial charge >= 0.3 is 0 Å². The predicted octanol–water partition coefficient (Wildman–Crippen LogP) is 2.78. The van der Waals surface area contributed by atoms with Crippen molar-refractivity contribution in [3.63, 3.8) is 0 Å². The van der Waals surface area contributed by atoms with Crippen molar-refractivity contribution in [3.8, 4) is 0 Å². The second-order valence-electron chi connectivity index (χ2n) is 8.58. The van der Waals surface area contributed by atoms with Gasteiger partial charge in [-0.3, -0.25) is 9.69 Å². The third-order valence-corrected chi connectivity index (χ3v) is 6.57. The molecule has 2 aliphatic rings. The van der Waals surface area contributed by atoms with Crippen LogP contribution in [0.1, 0.15) is 45.4 Å². The lowest BCUT2D eigenvalue weighted by molar-refractivity contribution is -0.121. The first-order valence-corrected chi connectivity index (χ1v) is 11.3. The molecule has 0 aromatic heterocycles. The summed E-state index contributed by atoms with van der Waals surface area (Å²) in [5.41, 5.74) is 2.13. The Labute approximate surface area is 175 Å². The molecule has 1 aromatic carbocycles. The highest BCUT2D eigenvalue weighted by Crippen LogP contribution is 2.23. The molecule has 2 N–H and O–H groups in total. The zero-order valence-electron chi connectivity index (χ0n) is 18.1. The van der Waals surface area contributed by atoms with Crippen LogP contribution in [0.15, 0.2) is 24.3 Å². The van der Waals surface area contributed by atoms with Gasteiger partial charge in [0.1, 0.15) is 0 Å². The van der Waals surface area contributed by atoms with Crippen LogP contribution in [0, 0.1) is 0 Å². The maximum absolute atomic E-state index is 12.8. The average Bonchev–Trinajstić information content (AvgIpc) is 2.78. The fraction of sp³-hybridized carbons (Fsp3) is 0.696. The van der Waals surface area contributed by atoms with Crippen molar-refractivity contribution in [1.82, 2.24) is 9.80 Å². The van der Waals surface area contributed by atoms with Gasteiger partial charge in [-0.1, -0.05) is 0 Å². The van der Waals surface area contributed by atoms with Crippen LogP contribution in [0.5, 0.6) is 0 Å². The predicted molar refractivity (Wildman–Crippen MR) is 120 cm³/mol. The number of aliphatic hydroxyl groups excluding tert-OH is 1. The van der Waals surface area contributed by atoms with Crippen LogP contribution >= 0.6 is 0 Å². The molecular weight excluding hydrogens is 364 g/mol. The minimum Gasteiger partial charge on any atom is -0.396 e. The number of likely N-dealkylation sites (tertiary alicyclic amines) is 1. The Balaban J connectivity index is 1.45. The van der Waals surface area contributed by atoms with Crippen LogP contribution in [0.3, 0.4) is 0 Å². The summed E-state index contributed by atoms with van der Waals surface area (Å²) in [6, 6.07) is 8.72. The Morgan fingerprint density at radius 3 is 2.41 bits per heavy atom. The molecule has 6 heteroatoms. The fourth-order valence-electron chi connectivity index (χ4n) is 4.54. The zero-order chi connectivity index (χ0) is 20.6. The number of amides is 1. The van der Waals surface area contributed by atoms with E-state index in [1.165, 1.54) is 24.9 Å². The number of hydrogen-bond acceptors (Lipinski definition) is 5. The van der Waals surface area contributed by atoms with E-state index in [1.54, 1.807) is 0 Å². The molecule has 0 spiro atoms. The van der Waals surface area contributed by atoms with E-state index in [9.17, 15) is 4.79 Å². The third kappa shape index (κ3) is 6.17. The Morgan fingerprint density at radius 1 is 1.14 bits per heavy atom. The first kappa shape index (κ1) is 22.1. The number of hydrogen-bond donors (Lipinski definition) is 2. The smallest absolute Gasteiger partial charge is 0.241 e. The van der Waals surface area contributed by atoms with Gasteiger partial charge in [0.25, 0.3) is 0 Å². The summed E-state index contributed by atoms with van der Waals surface area (Å²) >= 11 is 0. The lowest BCUT2D eigenvalue weighted by Crippen LogP contribution is -2.50. The topological polar surface area (TPSA) is 59.1 Å². The fourth-order valence-corrected chi connectivity index (χ4v) is 4.54. The van der Waals surface area contributed by atoms with Crippen LogP contribution in [-0.4, -0.2) is 79.3 Å². The number of carbonyl (C=O) groups excluding carboxylic acids is 1. The second kappa shape index (κ2) is 11.0. The summed E-state index contributed by atoms with van der Waals surface area (Å²) in [5, 5.41) is 12.1. The quantitative estimate of drug-likeness (QED) is 0.700. The van der Waals surface area contributed by atoms with Crippen molar-refractivity contribution in [2.24, 2.45) is 0 Å². The normalized spacial score (nSPS) is 20.1. The molecule has 1 atom stereocenters. The minimum absolute atomic E-state index is 0.0720. The molecule has 3 rings (SSSR count). The molecule has 1 aromatic rings. The number of nitrogens with zero attached hydrogens (tertiary/aromatic N) is 3. The van der Waals surface area contributed by atoms with Gasteiger partial charge in [0, 0.05) is 56.7 Å². The molecular formula is C23H38N4O2. The van der Waals surface area contributed by atoms with E-state index in [1.807, 2.05) is 19.1 Å². The first-order chi connectivity index (χ1) is 14.1. The lowest BCUT2D eigenvalue weighted by Gasteiger charge is -2.38. The van der Waals surface area contributed by atoms with Crippen molar-refractivity contribution in [3.05, 3.63) is 24.3 Å². The Morgan fingerprint density at radius 2 is 1.79 bits per heavy atom. The standard InChI is InChI=1S/C23H38N4O2/c1-19(26-16-11-21(12-17-26)25(2)13-6-18-28)23(29)24-20-7-9-22(10-8-20)27-14-4-3-5-15-27/h7-10,19,21,28H,3-6,11-18H2,1-2H3,(H,24,29). The molecule has 2 aliphatic heterocycles. The van der Waals surface area contributed by atoms with Crippen LogP contribution < -0.4 is 10.2 Å². The van der Waals surface area contributed by atoms with Gasteiger partial charge in [0.2, 0.25) is 5.91 Å². The number of aliphatic hydroxyl groups is 1. The van der Waals surface area contributed by atoms with E-state index in [-0.39, 0.29) is 18.6 Å². The number of anilines is 2. The molecule has 1 unspecified atom stereocenters. The molecule has 29 heavy (non-hydrogen) atoms. The van der Waals surface area contributed by atoms with Crippen LogP contribution in [-0.2, 0) is 4.79 Å². The summed E-state index contributed by atoms with van der Waals surface area (Å²) in [6.45, 7) is 7.34. The number of nitrogens with one attached hydrogen (secondary N) is 1. The molecule has 1 amide bonds. The van der Waals surface area contributed by atoms with Gasteiger partial charge in [-0.15, -0.1) is 0 Å². The van der Waals surface area contributed by atoms with E-state index in [0.29, 0.717) is 6.04 Å². The largest absolute Gasteiger partial charge is 0.396 e. The molecule has 0 radical (unpaired) electrons. The van der Waals surface area contributed by atoms with Gasteiger partial charge in [-0.05, 0) is 76.8 Å². The Hall–Kier alpha value is -1.63. The van der Waals surface area contributed by atoms with Gasteiger partial charge < -0.3 is 20.2 Å². The van der Waals surface area contributed by atoms with Crippen molar-refractivity contribution < 1.29 is 9.90 Å². The SMILES string of the molecule is CC(C(=O)Nc1ccc(N2CCCCC2)cc1)N1CCC(N(C)CCCO)CC1. The molecule has 0 bridgehead atoms. The number of piperidine rings is 2. The van der Waals surface area contributed by atoms with Crippen LogP contribution in [0.4, 0.5) is 11.4 Å². The summed E-state index contributed by atoms with van der Waals surface area (Å²) in [7, 11) is 2.14. The number of benzene rings is 1. The van der Waals surface area contributed by atoms with Crippen LogP contribution in [0.25, 0.3) is 0 Å². The number of rotatable bonds is 8. The molecule has 2 saturated heterocycles. The van der Waals surface area contributed by atoms with E-state index in [2.05, 4.69) is 39.2 Å². The van der Waals surface area contributed by atoms with Crippen molar-refractivity contribution >= 4 is 17.3 Å². The van der Waals surface area contributed by atoms with Gasteiger partial charge in [-0.2, -0.15) is 0 Å². The first-order valence-electron chi connectivity index (χ1n) is 11.3. The van der Waals surface area contributed by atoms with Crippen molar-refractivity contribution in [2.45, 2.75) is 57.5 Å². The molecule has 6 nitrogen and oxygen atoms in total. The van der Waals surface area contributed by atoms with Gasteiger partial charge in [-0.25, -0.2) is 0 Å². The zero-order valence-corrected chi connectivity index (χ0v) is 18.1. The lowest BCUT2D eigenvalue weighted by atomic mass is 10.0. The van der Waals surface area contributed by atoms with E-state index in [0.717, 1.165) is 57.7 Å². The highest BCUT2D eigenvalue weighted by Gasteiger charge is 2.28. The molecule has 0 aliphatic carbocycles. The summed E-state index contributed by atoms with van der Waals surface area (Å²) in [6.07, 6.45) is 6.84. The van der Waals surface area contributed by atoms with Crippen LogP contribution in [0.2, 0.25) is 0 Å². The molecule has 2 fully saturated rings. The van der Waals surface area contributed by atoms with Gasteiger partial charge in [0.05, 0.1) is 6.04 Å². The maximum Gasteiger partial charge on any atom is 0.241 e. The third-order valence-electron chi connectivity index (χ3n) is 6.57. The Kier molecular flexibility index (Phi) is 8.33. The monoisotopic (exact) mass is 402 g/mol. The second-order valence-corrected chi connectivity index (χ2v) is 8.58. The molecule has 0 saturated carbocycles. The minimum atomic E-state index is -0.125. The molecule has 162 valence electrons. The van der Waals surface area contributed by atoms with Crippen molar-refractivity contribution in [1.29, 1.82) is 0 Å². The van der Waals surface area contributed by atoms with E-state index < -0.39 is 0 Å². The summed E-state index contributed by atoms with van der Waals surface area (Å²) in [4.78, 5) is 19.8. The highest BCUT2D eigenvalue weighted by molar-refractivity contribution is 5.94. The van der Waals surface area contributed by atoms with E-state index >= 15 is 0 Å². The highest BCUT2D eigenvalue weighted by atomic mass is 16.3. The van der Waals surface area contributed by atoms with Gasteiger partial charge in [0.15, 0.2) is 0 Å². The van der Waals surface area contributed by atoms with Crippen molar-refractivity contribution in [2.75, 3.05) is 56.6 Å². The number of carbonyl (C=O) groups is 1. The Bertz CT molecular complexity index is 622. The summed E-state index contributed by atoms with van der Waals surface area (Å²) in [5.74, 6) is 0.0720. The molecule has 2 heterocycles.